The molecular formula is C17H21FN4O3. The van der Waals surface area contributed by atoms with Crippen molar-refractivity contribution in [2.75, 3.05) is 23.3 Å². The SMILES string of the molecule is CC(C)c1cc(NC(=O)CN(CCC(N)=O)c2ccc(F)cc2)on1. The maximum atomic E-state index is 13.1. The van der Waals surface area contributed by atoms with E-state index in [2.05, 4.69) is 10.5 Å². The van der Waals surface area contributed by atoms with Crippen LogP contribution in [0.15, 0.2) is 34.9 Å². The quantitative estimate of drug-likeness (QED) is 0.762. The van der Waals surface area contributed by atoms with Crippen LogP contribution in [0.3, 0.4) is 0 Å². The summed E-state index contributed by atoms with van der Waals surface area (Å²) in [4.78, 5) is 24.9. The van der Waals surface area contributed by atoms with Crippen LogP contribution in [0.1, 0.15) is 31.9 Å². The summed E-state index contributed by atoms with van der Waals surface area (Å²) in [5.41, 5.74) is 6.52. The Morgan fingerprint density at radius 3 is 2.56 bits per heavy atom. The van der Waals surface area contributed by atoms with Crippen LogP contribution in [0.4, 0.5) is 16.0 Å². The fraction of sp³-hybridized carbons (Fsp3) is 0.353. The zero-order valence-corrected chi connectivity index (χ0v) is 14.2. The molecule has 0 bridgehead atoms. The number of nitrogens with two attached hydrogens (primary N) is 1. The molecule has 8 heteroatoms. The number of amides is 2. The van der Waals surface area contributed by atoms with Gasteiger partial charge in [-0.1, -0.05) is 19.0 Å². The second-order valence-electron chi connectivity index (χ2n) is 5.93. The first-order valence-corrected chi connectivity index (χ1v) is 7.90. The fourth-order valence-electron chi connectivity index (χ4n) is 2.17. The van der Waals surface area contributed by atoms with E-state index in [0.29, 0.717) is 5.69 Å². The van der Waals surface area contributed by atoms with E-state index in [4.69, 9.17) is 10.3 Å². The standard InChI is InChI=1S/C17H21FN4O3/c1-11(2)14-9-17(25-21-14)20-16(24)10-22(8-7-15(19)23)13-5-3-12(18)4-6-13/h3-6,9,11H,7-8,10H2,1-2H3,(H2,19,23)(H,20,24). The highest BCUT2D eigenvalue weighted by Gasteiger charge is 2.15. The van der Waals surface area contributed by atoms with Crippen molar-refractivity contribution in [2.24, 2.45) is 5.73 Å². The molecule has 0 unspecified atom stereocenters. The van der Waals surface area contributed by atoms with Gasteiger partial charge in [0, 0.05) is 24.7 Å². The van der Waals surface area contributed by atoms with Crippen LogP contribution in [0.2, 0.25) is 0 Å². The van der Waals surface area contributed by atoms with E-state index in [1.54, 1.807) is 11.0 Å². The topological polar surface area (TPSA) is 101 Å². The Hall–Kier alpha value is -2.90. The molecule has 3 N–H and O–H groups in total. The molecule has 0 saturated heterocycles. The van der Waals surface area contributed by atoms with Crippen molar-refractivity contribution in [2.45, 2.75) is 26.2 Å². The van der Waals surface area contributed by atoms with E-state index >= 15 is 0 Å². The van der Waals surface area contributed by atoms with Gasteiger partial charge < -0.3 is 15.2 Å². The average Bonchev–Trinajstić information content (AvgIpc) is 3.01. The molecule has 0 atom stereocenters. The normalized spacial score (nSPS) is 10.7. The third kappa shape index (κ3) is 5.59. The summed E-state index contributed by atoms with van der Waals surface area (Å²) in [7, 11) is 0. The lowest BCUT2D eigenvalue weighted by Gasteiger charge is -2.23. The molecule has 0 saturated carbocycles. The number of rotatable bonds is 8. The van der Waals surface area contributed by atoms with Crippen molar-refractivity contribution in [3.63, 3.8) is 0 Å². The van der Waals surface area contributed by atoms with Crippen LogP contribution in [-0.4, -0.2) is 30.1 Å². The highest BCUT2D eigenvalue weighted by molar-refractivity contribution is 5.93. The van der Waals surface area contributed by atoms with Gasteiger partial charge in [-0.3, -0.25) is 14.9 Å². The van der Waals surface area contributed by atoms with Gasteiger partial charge in [0.15, 0.2) is 0 Å². The lowest BCUT2D eigenvalue weighted by molar-refractivity contribution is -0.118. The molecule has 0 radical (unpaired) electrons. The highest BCUT2D eigenvalue weighted by Crippen LogP contribution is 2.18. The van der Waals surface area contributed by atoms with Gasteiger partial charge in [0.25, 0.3) is 0 Å². The summed E-state index contributed by atoms with van der Waals surface area (Å²) in [6, 6.07) is 7.31. The minimum Gasteiger partial charge on any atom is -0.370 e. The summed E-state index contributed by atoms with van der Waals surface area (Å²) < 4.78 is 18.2. The number of halogens is 1. The molecule has 25 heavy (non-hydrogen) atoms. The highest BCUT2D eigenvalue weighted by atomic mass is 19.1. The molecule has 0 fully saturated rings. The van der Waals surface area contributed by atoms with E-state index in [-0.39, 0.29) is 43.0 Å². The molecular weight excluding hydrogens is 327 g/mol. The largest absolute Gasteiger partial charge is 0.370 e. The Kier molecular flexibility index (Phi) is 6.10. The predicted molar refractivity (Wildman–Crippen MR) is 91.6 cm³/mol. The van der Waals surface area contributed by atoms with Gasteiger partial charge in [-0.25, -0.2) is 4.39 Å². The van der Waals surface area contributed by atoms with Gasteiger partial charge >= 0.3 is 0 Å². The Bertz CT molecular complexity index is 728. The van der Waals surface area contributed by atoms with Crippen molar-refractivity contribution in [3.05, 3.63) is 41.8 Å². The Balaban J connectivity index is 2.04. The number of hydrogen-bond donors (Lipinski definition) is 2. The van der Waals surface area contributed by atoms with Gasteiger partial charge in [0.2, 0.25) is 17.7 Å². The smallest absolute Gasteiger partial charge is 0.246 e. The second-order valence-corrected chi connectivity index (χ2v) is 5.93. The minimum absolute atomic E-state index is 0.0450. The molecule has 2 amide bonds. The summed E-state index contributed by atoms with van der Waals surface area (Å²) in [6.07, 6.45) is 0.0739. The number of primary amides is 1. The maximum Gasteiger partial charge on any atom is 0.246 e. The number of carbonyl (C=O) groups is 2. The maximum absolute atomic E-state index is 13.1. The lowest BCUT2D eigenvalue weighted by Crippen LogP contribution is -2.35. The first-order valence-electron chi connectivity index (χ1n) is 7.90. The Morgan fingerprint density at radius 1 is 1.32 bits per heavy atom. The summed E-state index contributed by atoms with van der Waals surface area (Å²) in [6.45, 7) is 4.12. The average molecular weight is 348 g/mol. The first-order chi connectivity index (χ1) is 11.8. The van der Waals surface area contributed by atoms with E-state index < -0.39 is 5.91 Å². The number of carbonyl (C=O) groups excluding carboxylic acids is 2. The van der Waals surface area contributed by atoms with Gasteiger partial charge in [-0.2, -0.15) is 0 Å². The van der Waals surface area contributed by atoms with Crippen LogP contribution in [0, 0.1) is 5.82 Å². The molecule has 134 valence electrons. The van der Waals surface area contributed by atoms with Crippen LogP contribution >= 0.6 is 0 Å². The number of aromatic nitrogens is 1. The van der Waals surface area contributed by atoms with E-state index in [1.165, 1.54) is 24.3 Å². The predicted octanol–water partition coefficient (Wildman–Crippen LogP) is 2.26. The monoisotopic (exact) mass is 348 g/mol. The second kappa shape index (κ2) is 8.27. The van der Waals surface area contributed by atoms with Gasteiger partial charge in [0.1, 0.15) is 5.82 Å². The Labute approximate surface area is 145 Å². The van der Waals surface area contributed by atoms with Crippen molar-refractivity contribution in [1.29, 1.82) is 0 Å². The number of hydrogen-bond acceptors (Lipinski definition) is 5. The summed E-state index contributed by atoms with van der Waals surface area (Å²) in [5, 5.41) is 6.49. The van der Waals surface area contributed by atoms with Crippen molar-refractivity contribution < 1.29 is 18.5 Å². The molecule has 1 heterocycles. The molecule has 2 rings (SSSR count). The van der Waals surface area contributed by atoms with E-state index in [0.717, 1.165) is 5.69 Å². The van der Waals surface area contributed by atoms with Crippen LogP contribution in [-0.2, 0) is 9.59 Å². The molecule has 0 aliphatic carbocycles. The number of anilines is 2. The fourth-order valence-corrected chi connectivity index (χ4v) is 2.17. The van der Waals surface area contributed by atoms with Crippen LogP contribution in [0.25, 0.3) is 0 Å². The minimum atomic E-state index is -0.482. The van der Waals surface area contributed by atoms with Crippen molar-refractivity contribution in [1.82, 2.24) is 5.16 Å². The lowest BCUT2D eigenvalue weighted by atomic mass is 10.1. The van der Waals surface area contributed by atoms with Gasteiger partial charge in [-0.15, -0.1) is 0 Å². The molecule has 0 aliphatic rings. The third-order valence-corrected chi connectivity index (χ3v) is 3.54. The molecule has 1 aromatic heterocycles. The molecule has 1 aromatic carbocycles. The molecule has 0 aliphatic heterocycles. The van der Waals surface area contributed by atoms with Crippen molar-refractivity contribution >= 4 is 23.4 Å². The van der Waals surface area contributed by atoms with Crippen LogP contribution < -0.4 is 16.0 Å². The molecule has 2 aromatic rings. The van der Waals surface area contributed by atoms with Crippen molar-refractivity contribution in [3.8, 4) is 0 Å². The zero-order valence-electron chi connectivity index (χ0n) is 14.2. The summed E-state index contributed by atoms with van der Waals surface area (Å²) >= 11 is 0. The zero-order chi connectivity index (χ0) is 18.4. The molecule has 0 spiro atoms. The van der Waals surface area contributed by atoms with Crippen LogP contribution in [0.5, 0.6) is 0 Å². The van der Waals surface area contributed by atoms with E-state index in [9.17, 15) is 14.0 Å². The number of benzene rings is 1. The third-order valence-electron chi connectivity index (χ3n) is 3.54. The van der Waals surface area contributed by atoms with Gasteiger partial charge in [-0.05, 0) is 30.2 Å². The number of nitrogens with one attached hydrogen (secondary N) is 1. The Morgan fingerprint density at radius 2 is 2.00 bits per heavy atom. The summed E-state index contributed by atoms with van der Waals surface area (Å²) in [5.74, 6) is -0.779. The first kappa shape index (κ1) is 18.4. The number of nitrogens with zero attached hydrogens (tertiary/aromatic N) is 2. The molecule has 7 nitrogen and oxygen atoms in total. The van der Waals surface area contributed by atoms with Gasteiger partial charge in [0.05, 0.1) is 12.2 Å². The van der Waals surface area contributed by atoms with E-state index in [1.807, 2.05) is 13.8 Å².